The van der Waals surface area contributed by atoms with Gasteiger partial charge in [-0.3, -0.25) is 0 Å². The Labute approximate surface area is 395 Å². The second-order valence-electron chi connectivity index (χ2n) is 17.5. The highest BCUT2D eigenvalue weighted by molar-refractivity contribution is 7.26. The molecule has 0 N–H and O–H groups in total. The number of thiophene rings is 1. The average Bonchev–Trinajstić information content (AvgIpc) is 3.93. The molecule has 0 radical (unpaired) electrons. The largest absolute Gasteiger partial charge is 0.310 e. The Hall–Kier alpha value is -8.30. The van der Waals surface area contributed by atoms with E-state index in [2.05, 4.69) is 266 Å². The van der Waals surface area contributed by atoms with Crippen molar-refractivity contribution in [2.45, 2.75) is 5.41 Å². The predicted octanol–water partition coefficient (Wildman–Crippen LogP) is 18.0. The van der Waals surface area contributed by atoms with Crippen LogP contribution in [0.25, 0.3) is 75.5 Å². The maximum absolute atomic E-state index is 2.49. The highest BCUT2D eigenvalue weighted by Crippen LogP contribution is 2.57. The molecular formula is C65H43NS. The maximum Gasteiger partial charge on any atom is 0.0714 e. The first-order valence-electron chi connectivity index (χ1n) is 23.1. The first kappa shape index (κ1) is 39.1. The summed E-state index contributed by atoms with van der Waals surface area (Å²) >= 11 is 1.88. The molecule has 67 heavy (non-hydrogen) atoms. The van der Waals surface area contributed by atoms with Crippen molar-refractivity contribution < 1.29 is 0 Å². The molecule has 1 heterocycles. The number of hydrogen-bond donors (Lipinski definition) is 0. The summed E-state index contributed by atoms with van der Waals surface area (Å²) in [5.41, 5.74) is 17.6. The molecule has 1 aliphatic rings. The molecule has 1 nitrogen and oxygen atoms in total. The lowest BCUT2D eigenvalue weighted by atomic mass is 9.67. The Balaban J connectivity index is 1.02. The van der Waals surface area contributed by atoms with E-state index in [1.807, 2.05) is 11.3 Å². The number of nitrogens with zero attached hydrogens (tertiary/aromatic N) is 1. The van der Waals surface area contributed by atoms with E-state index in [1.165, 1.54) is 97.7 Å². The van der Waals surface area contributed by atoms with E-state index < -0.39 is 5.41 Å². The topological polar surface area (TPSA) is 3.24 Å². The predicted molar refractivity (Wildman–Crippen MR) is 285 cm³/mol. The van der Waals surface area contributed by atoms with E-state index in [4.69, 9.17) is 0 Å². The lowest BCUT2D eigenvalue weighted by Crippen LogP contribution is -2.28. The molecule has 0 aliphatic heterocycles. The second-order valence-corrected chi connectivity index (χ2v) is 18.6. The SMILES string of the molecule is c1ccc(C2(c3ccccc3)c3ccccc3-c3ccc(N(c4ccc(-c5cccc(-c6cccc7ccccc67)c5)cc4)c4ccccc4-c4cccc5c4sc4ccccc45)cc32)cc1. The van der Waals surface area contributed by atoms with Crippen molar-refractivity contribution in [3.8, 4) is 44.5 Å². The molecule has 0 atom stereocenters. The summed E-state index contributed by atoms with van der Waals surface area (Å²) in [5, 5.41) is 5.11. The number of anilines is 3. The van der Waals surface area contributed by atoms with Crippen molar-refractivity contribution in [3.63, 3.8) is 0 Å². The first-order chi connectivity index (χ1) is 33.2. The van der Waals surface area contributed by atoms with Crippen LogP contribution in [0.1, 0.15) is 22.3 Å². The molecule has 11 aromatic carbocycles. The van der Waals surface area contributed by atoms with Crippen molar-refractivity contribution in [2.24, 2.45) is 0 Å². The summed E-state index contributed by atoms with van der Waals surface area (Å²) in [4.78, 5) is 2.49. The molecular weight excluding hydrogens is 827 g/mol. The Morgan fingerprint density at radius 1 is 0.313 bits per heavy atom. The van der Waals surface area contributed by atoms with Gasteiger partial charge in [0, 0.05) is 42.7 Å². The standard InChI is InChI=1S/C65H43NS/c1-3-22-48(23-4-1)65(49-24-5-2-6-25-49)60-33-12-9-27-54(60)55-41-40-51(43-61(55)65)66(62-34-13-10-28-56(62)58-31-17-32-59-57-29-11-14-35-63(57)67-64(58)59)50-38-36-44(37-39-50)46-20-15-21-47(42-46)53-30-16-19-45-18-7-8-26-52(45)53/h1-43H. The Kier molecular flexibility index (Phi) is 9.33. The van der Waals surface area contributed by atoms with E-state index in [0.717, 1.165) is 17.1 Å². The number of benzene rings is 11. The van der Waals surface area contributed by atoms with Gasteiger partial charge in [-0.15, -0.1) is 11.3 Å². The fourth-order valence-corrected chi connectivity index (χ4v) is 12.2. The van der Waals surface area contributed by atoms with Gasteiger partial charge in [-0.25, -0.2) is 0 Å². The summed E-state index contributed by atoms with van der Waals surface area (Å²) in [6.45, 7) is 0. The van der Waals surface area contributed by atoms with E-state index in [-0.39, 0.29) is 0 Å². The van der Waals surface area contributed by atoms with Crippen LogP contribution in [0.2, 0.25) is 0 Å². The quantitative estimate of drug-likeness (QED) is 0.147. The number of para-hydroxylation sites is 1. The Morgan fingerprint density at radius 2 is 0.881 bits per heavy atom. The van der Waals surface area contributed by atoms with Crippen LogP contribution >= 0.6 is 11.3 Å². The van der Waals surface area contributed by atoms with Gasteiger partial charge in [0.2, 0.25) is 0 Å². The van der Waals surface area contributed by atoms with Crippen molar-refractivity contribution >= 4 is 59.3 Å². The Bertz CT molecular complexity index is 3760. The van der Waals surface area contributed by atoms with Crippen molar-refractivity contribution in [1.29, 1.82) is 0 Å². The lowest BCUT2D eigenvalue weighted by Gasteiger charge is -2.35. The fraction of sp³-hybridized carbons (Fsp3) is 0.0154. The first-order valence-corrected chi connectivity index (χ1v) is 23.9. The van der Waals surface area contributed by atoms with Crippen LogP contribution in [-0.2, 0) is 5.41 Å². The highest BCUT2D eigenvalue weighted by Gasteiger charge is 2.46. The van der Waals surface area contributed by atoms with Crippen molar-refractivity contribution in [3.05, 3.63) is 283 Å². The number of hydrogen-bond acceptors (Lipinski definition) is 2. The third-order valence-corrected chi connectivity index (χ3v) is 15.2. The summed E-state index contributed by atoms with van der Waals surface area (Å²) in [7, 11) is 0. The van der Waals surface area contributed by atoms with Gasteiger partial charge in [-0.05, 0) is 109 Å². The average molecular weight is 870 g/mol. The molecule has 0 saturated heterocycles. The van der Waals surface area contributed by atoms with Crippen molar-refractivity contribution in [1.82, 2.24) is 0 Å². The highest BCUT2D eigenvalue weighted by atomic mass is 32.1. The zero-order valence-electron chi connectivity index (χ0n) is 36.7. The molecule has 1 aliphatic carbocycles. The normalized spacial score (nSPS) is 12.6. The van der Waals surface area contributed by atoms with Gasteiger partial charge in [0.05, 0.1) is 11.1 Å². The lowest BCUT2D eigenvalue weighted by molar-refractivity contribution is 0.768. The molecule has 0 amide bonds. The van der Waals surface area contributed by atoms with Crippen LogP contribution in [0.15, 0.2) is 261 Å². The molecule has 314 valence electrons. The molecule has 0 unspecified atom stereocenters. The summed E-state index contributed by atoms with van der Waals surface area (Å²) in [6, 6.07) is 96.4. The van der Waals surface area contributed by atoms with Crippen LogP contribution in [0.5, 0.6) is 0 Å². The zero-order chi connectivity index (χ0) is 44.3. The minimum absolute atomic E-state index is 0.530. The molecule has 0 bridgehead atoms. The molecule has 12 aromatic rings. The van der Waals surface area contributed by atoms with Crippen LogP contribution in [-0.4, -0.2) is 0 Å². The van der Waals surface area contributed by atoms with Gasteiger partial charge >= 0.3 is 0 Å². The fourth-order valence-electron chi connectivity index (χ4n) is 11.0. The van der Waals surface area contributed by atoms with Gasteiger partial charge in [-0.1, -0.05) is 218 Å². The van der Waals surface area contributed by atoms with Gasteiger partial charge in [0.25, 0.3) is 0 Å². The van der Waals surface area contributed by atoms with Crippen LogP contribution in [0.3, 0.4) is 0 Å². The maximum atomic E-state index is 2.49. The molecule has 0 fully saturated rings. The monoisotopic (exact) mass is 869 g/mol. The minimum atomic E-state index is -0.530. The molecule has 1 aromatic heterocycles. The summed E-state index contributed by atoms with van der Waals surface area (Å²) in [6.07, 6.45) is 0. The zero-order valence-corrected chi connectivity index (χ0v) is 37.5. The van der Waals surface area contributed by atoms with E-state index in [9.17, 15) is 0 Å². The Morgan fingerprint density at radius 3 is 1.70 bits per heavy atom. The van der Waals surface area contributed by atoms with Gasteiger partial charge < -0.3 is 4.90 Å². The summed E-state index contributed by atoms with van der Waals surface area (Å²) < 4.78 is 2.60. The van der Waals surface area contributed by atoms with Gasteiger partial charge in [0.15, 0.2) is 0 Å². The summed E-state index contributed by atoms with van der Waals surface area (Å²) in [5.74, 6) is 0. The van der Waals surface area contributed by atoms with Crippen molar-refractivity contribution in [2.75, 3.05) is 4.90 Å². The number of rotatable bonds is 8. The van der Waals surface area contributed by atoms with Crippen LogP contribution in [0.4, 0.5) is 17.1 Å². The van der Waals surface area contributed by atoms with E-state index in [0.29, 0.717) is 0 Å². The minimum Gasteiger partial charge on any atom is -0.310 e. The third-order valence-electron chi connectivity index (χ3n) is 14.0. The van der Waals surface area contributed by atoms with E-state index in [1.54, 1.807) is 0 Å². The number of fused-ring (bicyclic) bond motifs is 7. The van der Waals surface area contributed by atoms with Crippen LogP contribution in [0, 0.1) is 0 Å². The molecule has 2 heteroatoms. The van der Waals surface area contributed by atoms with Crippen LogP contribution < -0.4 is 4.90 Å². The smallest absolute Gasteiger partial charge is 0.0714 e. The van der Waals surface area contributed by atoms with E-state index >= 15 is 0 Å². The van der Waals surface area contributed by atoms with Gasteiger partial charge in [-0.2, -0.15) is 0 Å². The molecule has 13 rings (SSSR count). The molecule has 0 spiro atoms. The van der Waals surface area contributed by atoms with Gasteiger partial charge in [0.1, 0.15) is 0 Å². The molecule has 0 saturated carbocycles. The third kappa shape index (κ3) is 6.29. The second kappa shape index (κ2) is 16.0.